The number of aliphatic hydroxyl groups excluding tert-OH is 1. The number of aliphatic hydroxyl groups is 1. The van der Waals surface area contributed by atoms with E-state index in [0.717, 1.165) is 24.5 Å². The van der Waals surface area contributed by atoms with Crippen molar-refractivity contribution in [2.75, 3.05) is 6.54 Å². The van der Waals surface area contributed by atoms with E-state index < -0.39 is 11.6 Å². The summed E-state index contributed by atoms with van der Waals surface area (Å²) in [6.45, 7) is 3.24. The predicted octanol–water partition coefficient (Wildman–Crippen LogP) is 2.31. The zero-order valence-electron chi connectivity index (χ0n) is 9.87. The van der Waals surface area contributed by atoms with Crippen molar-refractivity contribution in [1.29, 1.82) is 0 Å². The topological polar surface area (TPSA) is 23.5 Å². The molecule has 1 unspecified atom stereocenters. The van der Waals surface area contributed by atoms with Crippen LogP contribution in [0.5, 0.6) is 0 Å². The molecule has 1 aromatic carbocycles. The van der Waals surface area contributed by atoms with Crippen molar-refractivity contribution in [1.82, 2.24) is 4.90 Å². The van der Waals surface area contributed by atoms with Crippen LogP contribution in [-0.4, -0.2) is 28.7 Å². The van der Waals surface area contributed by atoms with Crippen LogP contribution in [0.2, 0.25) is 0 Å². The molecule has 1 heterocycles. The molecule has 0 bridgehead atoms. The molecule has 17 heavy (non-hydrogen) atoms. The minimum atomic E-state index is -0.817. The highest BCUT2D eigenvalue weighted by Crippen LogP contribution is 2.23. The molecule has 1 aromatic rings. The Morgan fingerprint density at radius 3 is 2.76 bits per heavy atom. The molecule has 94 valence electrons. The molecule has 1 fully saturated rings. The summed E-state index contributed by atoms with van der Waals surface area (Å²) in [6, 6.07) is 4.30. The lowest BCUT2D eigenvalue weighted by molar-refractivity contribution is 0.172. The number of nitrogens with zero attached hydrogens (tertiary/aromatic N) is 1. The number of benzene rings is 1. The van der Waals surface area contributed by atoms with Crippen molar-refractivity contribution in [2.24, 2.45) is 0 Å². The van der Waals surface area contributed by atoms with Gasteiger partial charge in [-0.25, -0.2) is 8.78 Å². The van der Waals surface area contributed by atoms with E-state index in [1.807, 2.05) is 0 Å². The van der Waals surface area contributed by atoms with Gasteiger partial charge in [0.2, 0.25) is 0 Å². The smallest absolute Gasteiger partial charge is 0.159 e. The van der Waals surface area contributed by atoms with Crippen LogP contribution in [0.15, 0.2) is 18.2 Å². The van der Waals surface area contributed by atoms with Crippen LogP contribution >= 0.6 is 0 Å². The quantitative estimate of drug-likeness (QED) is 0.877. The van der Waals surface area contributed by atoms with Crippen molar-refractivity contribution in [3.63, 3.8) is 0 Å². The summed E-state index contributed by atoms with van der Waals surface area (Å²) in [6.07, 6.45) is 1.42. The molecule has 2 atom stereocenters. The Kier molecular flexibility index (Phi) is 3.74. The summed E-state index contributed by atoms with van der Waals surface area (Å²) in [4.78, 5) is 2.12. The standard InChI is InChI=1S/C13H17F2NO/c1-2-10-6-11(17)8-16(10)7-9-3-4-12(14)13(15)5-9/h3-5,10-11,17H,2,6-8H2,1H3/t10?,11-/m1/s1. The molecule has 1 aliphatic heterocycles. The first-order valence-electron chi connectivity index (χ1n) is 5.96. The van der Waals surface area contributed by atoms with Crippen LogP contribution in [-0.2, 0) is 6.54 Å². The molecule has 1 aliphatic rings. The maximum absolute atomic E-state index is 13.1. The van der Waals surface area contributed by atoms with Gasteiger partial charge in [0.1, 0.15) is 0 Å². The Hall–Kier alpha value is -1.00. The Labute approximate surface area is 99.9 Å². The predicted molar refractivity (Wildman–Crippen MR) is 61.5 cm³/mol. The lowest BCUT2D eigenvalue weighted by atomic mass is 10.1. The summed E-state index contributed by atoms with van der Waals surface area (Å²) in [5, 5.41) is 9.60. The molecule has 0 amide bonds. The van der Waals surface area contributed by atoms with Crippen molar-refractivity contribution < 1.29 is 13.9 Å². The number of hydrogen-bond donors (Lipinski definition) is 1. The Bertz CT molecular complexity index is 397. The summed E-state index contributed by atoms with van der Waals surface area (Å²) in [5.41, 5.74) is 0.747. The number of halogens is 2. The summed E-state index contributed by atoms with van der Waals surface area (Å²) in [5.74, 6) is -1.63. The maximum Gasteiger partial charge on any atom is 0.159 e. The number of hydrogen-bond acceptors (Lipinski definition) is 2. The number of β-amino-alcohol motifs (C(OH)–C–C–N with tert-alkyl or cyclic N) is 1. The molecule has 0 aliphatic carbocycles. The first-order valence-corrected chi connectivity index (χ1v) is 5.96. The van der Waals surface area contributed by atoms with Gasteiger partial charge in [0.15, 0.2) is 11.6 Å². The van der Waals surface area contributed by atoms with Gasteiger partial charge in [0, 0.05) is 19.1 Å². The van der Waals surface area contributed by atoms with Crippen LogP contribution in [0.3, 0.4) is 0 Å². The van der Waals surface area contributed by atoms with E-state index in [4.69, 9.17) is 0 Å². The van der Waals surface area contributed by atoms with E-state index in [1.54, 1.807) is 6.07 Å². The molecule has 0 spiro atoms. The minimum Gasteiger partial charge on any atom is -0.392 e. The fourth-order valence-electron chi connectivity index (χ4n) is 2.45. The highest BCUT2D eigenvalue weighted by Gasteiger charge is 2.29. The second kappa shape index (κ2) is 5.10. The molecule has 1 N–H and O–H groups in total. The van der Waals surface area contributed by atoms with Crippen molar-refractivity contribution in [2.45, 2.75) is 38.5 Å². The van der Waals surface area contributed by atoms with E-state index in [-0.39, 0.29) is 6.10 Å². The Balaban J connectivity index is 2.07. The van der Waals surface area contributed by atoms with Crippen LogP contribution in [0.1, 0.15) is 25.3 Å². The average Bonchev–Trinajstić information content (AvgIpc) is 2.64. The van der Waals surface area contributed by atoms with Gasteiger partial charge in [-0.3, -0.25) is 4.90 Å². The number of rotatable bonds is 3. The second-order valence-corrected chi connectivity index (χ2v) is 4.63. The average molecular weight is 241 g/mol. The van der Waals surface area contributed by atoms with Gasteiger partial charge < -0.3 is 5.11 Å². The minimum absolute atomic E-state index is 0.301. The van der Waals surface area contributed by atoms with Crippen LogP contribution in [0.4, 0.5) is 8.78 Å². The maximum atomic E-state index is 13.1. The fourth-order valence-corrected chi connectivity index (χ4v) is 2.45. The monoisotopic (exact) mass is 241 g/mol. The third-order valence-corrected chi connectivity index (χ3v) is 3.35. The molecule has 0 radical (unpaired) electrons. The SMILES string of the molecule is CCC1C[C@@H](O)CN1Cc1ccc(F)c(F)c1. The lowest BCUT2D eigenvalue weighted by Gasteiger charge is -2.22. The van der Waals surface area contributed by atoms with Crippen LogP contribution < -0.4 is 0 Å². The van der Waals surface area contributed by atoms with Crippen LogP contribution in [0.25, 0.3) is 0 Å². The molecular formula is C13H17F2NO. The summed E-state index contributed by atoms with van der Waals surface area (Å²) in [7, 11) is 0. The Morgan fingerprint density at radius 1 is 1.35 bits per heavy atom. The first kappa shape index (κ1) is 12.5. The van der Waals surface area contributed by atoms with Gasteiger partial charge >= 0.3 is 0 Å². The first-order chi connectivity index (χ1) is 8.10. The van der Waals surface area contributed by atoms with Crippen molar-refractivity contribution >= 4 is 0 Å². The third kappa shape index (κ3) is 2.82. The second-order valence-electron chi connectivity index (χ2n) is 4.63. The molecule has 2 nitrogen and oxygen atoms in total. The van der Waals surface area contributed by atoms with Gasteiger partial charge in [0.25, 0.3) is 0 Å². The molecule has 4 heteroatoms. The van der Waals surface area contributed by atoms with Gasteiger partial charge in [-0.05, 0) is 30.5 Å². The van der Waals surface area contributed by atoms with E-state index in [9.17, 15) is 13.9 Å². The number of likely N-dealkylation sites (tertiary alicyclic amines) is 1. The summed E-state index contributed by atoms with van der Waals surface area (Å²) >= 11 is 0. The normalized spacial score (nSPS) is 25.4. The van der Waals surface area contributed by atoms with E-state index >= 15 is 0 Å². The van der Waals surface area contributed by atoms with Crippen molar-refractivity contribution in [3.05, 3.63) is 35.4 Å². The molecular weight excluding hydrogens is 224 g/mol. The third-order valence-electron chi connectivity index (χ3n) is 3.35. The van der Waals surface area contributed by atoms with E-state index in [1.165, 1.54) is 6.07 Å². The molecule has 1 saturated heterocycles. The highest BCUT2D eigenvalue weighted by atomic mass is 19.2. The summed E-state index contributed by atoms with van der Waals surface area (Å²) < 4.78 is 25.9. The fraction of sp³-hybridized carbons (Fsp3) is 0.538. The zero-order chi connectivity index (χ0) is 12.4. The van der Waals surface area contributed by atoms with Gasteiger partial charge in [-0.2, -0.15) is 0 Å². The van der Waals surface area contributed by atoms with Crippen molar-refractivity contribution in [3.8, 4) is 0 Å². The molecule has 0 saturated carbocycles. The zero-order valence-corrected chi connectivity index (χ0v) is 9.87. The van der Waals surface area contributed by atoms with E-state index in [2.05, 4.69) is 11.8 Å². The van der Waals surface area contributed by atoms with Gasteiger partial charge in [-0.15, -0.1) is 0 Å². The molecule has 2 rings (SSSR count). The largest absolute Gasteiger partial charge is 0.392 e. The molecule has 0 aromatic heterocycles. The highest BCUT2D eigenvalue weighted by molar-refractivity contribution is 5.18. The lowest BCUT2D eigenvalue weighted by Crippen LogP contribution is -2.28. The van der Waals surface area contributed by atoms with Gasteiger partial charge in [-0.1, -0.05) is 13.0 Å². The van der Waals surface area contributed by atoms with Crippen LogP contribution in [0, 0.1) is 11.6 Å². The van der Waals surface area contributed by atoms with E-state index in [0.29, 0.717) is 19.1 Å². The van der Waals surface area contributed by atoms with Gasteiger partial charge in [0.05, 0.1) is 6.10 Å². The Morgan fingerprint density at radius 2 is 2.12 bits per heavy atom.